The Bertz CT molecular complexity index is 2650. The predicted octanol–water partition coefficient (Wildman–Crippen LogP) is 4.96. The van der Waals surface area contributed by atoms with Gasteiger partial charge in [0.15, 0.2) is 29.1 Å². The minimum Gasteiger partial charge on any atom is -0.445 e. The quantitative estimate of drug-likeness (QED) is 0.0291. The van der Waals surface area contributed by atoms with Crippen molar-refractivity contribution in [1.82, 2.24) is 26.6 Å². The number of hydrogen-bond acceptors (Lipinski definition) is 16. The van der Waals surface area contributed by atoms with Gasteiger partial charge in [0, 0.05) is 41.9 Å². The van der Waals surface area contributed by atoms with E-state index in [1.165, 1.54) is 19.1 Å². The van der Waals surface area contributed by atoms with E-state index in [0.29, 0.717) is 48.5 Å². The van der Waals surface area contributed by atoms with Crippen LogP contribution in [-0.2, 0) is 59.0 Å². The standard InChI is InChI=1S/C61H87F2N7O15/c1-6-12-51-84-49-29-42-43-28-45(62)44-27-38(71)20-22-58(44,4)60(43,63)47(72)30-59(42,5)61(49,85-51)48(73)33-81-34-67-57(79)82-31-36-16-18-37(19-17-36)68-53(75)46(15-11-23-65-55(64)77)69-54(76)52(35(2)3)70-50(74)21-25-80-26-24-66-56(78)83-32-41-39-13-9-7-8-10-14-40(39)41/h7-8,16-20,22,27,35,39-43,45-47,49,51-52,56,66,72,78H,6,9-15,21,23-26,28-34H2,1-5H3,(H,67,79)(H,68,75)(H,69,76)(H,70,74)(H3,64,65,77)/b8-7-/t39-,40+,41-,42-,43-,45-,46-,47-,49+,51?,52-,56?,58-,59-,60-,61+/m0/s1. The van der Waals surface area contributed by atoms with Crippen LogP contribution in [0.15, 0.2) is 60.2 Å². The Balaban J connectivity index is 0.769. The van der Waals surface area contributed by atoms with Crippen molar-refractivity contribution in [2.45, 2.75) is 173 Å². The number of ether oxygens (including phenoxy) is 6. The third kappa shape index (κ3) is 14.5. The van der Waals surface area contributed by atoms with Crippen molar-refractivity contribution in [3.8, 4) is 0 Å². The fourth-order valence-corrected chi connectivity index (χ4v) is 14.4. The summed E-state index contributed by atoms with van der Waals surface area (Å²) in [5.41, 5.74) is -0.774. The molecule has 24 heteroatoms. The van der Waals surface area contributed by atoms with Crippen LogP contribution in [0.3, 0.4) is 0 Å². The van der Waals surface area contributed by atoms with Crippen LogP contribution in [0, 0.1) is 46.3 Å². The summed E-state index contributed by atoms with van der Waals surface area (Å²) in [6.45, 7) is 8.66. The Labute approximate surface area is 495 Å². The number of alkyl halides is 2. The average molecular weight is 1200 g/mol. The number of urea groups is 1. The second kappa shape index (κ2) is 28.4. The highest BCUT2D eigenvalue weighted by Crippen LogP contribution is 2.72. The van der Waals surface area contributed by atoms with E-state index in [1.807, 2.05) is 6.92 Å². The van der Waals surface area contributed by atoms with Crippen LogP contribution in [0.5, 0.6) is 0 Å². The molecule has 6 amide bonds. The van der Waals surface area contributed by atoms with E-state index >= 15 is 8.78 Å². The van der Waals surface area contributed by atoms with Gasteiger partial charge in [0.1, 0.15) is 38.2 Å². The zero-order chi connectivity index (χ0) is 61.3. The first-order valence-electron chi connectivity index (χ1n) is 30.2. The Kier molecular flexibility index (Phi) is 21.8. The monoisotopic (exact) mass is 1200 g/mol. The van der Waals surface area contributed by atoms with Gasteiger partial charge >= 0.3 is 12.1 Å². The normalized spacial score (nSPS) is 32.9. The van der Waals surface area contributed by atoms with Gasteiger partial charge in [-0.2, -0.15) is 0 Å². The summed E-state index contributed by atoms with van der Waals surface area (Å²) in [6.07, 6.45) is 6.76. The minimum atomic E-state index is -2.36. The molecule has 1 heterocycles. The van der Waals surface area contributed by atoms with E-state index < -0.39 is 132 Å². The molecule has 6 aliphatic carbocycles. The molecule has 0 radical (unpaired) electrons. The van der Waals surface area contributed by atoms with Crippen LogP contribution < -0.4 is 37.6 Å². The van der Waals surface area contributed by atoms with Crippen LogP contribution in [0.4, 0.5) is 24.1 Å². The first kappa shape index (κ1) is 65.2. The zero-order valence-corrected chi connectivity index (χ0v) is 49.4. The molecule has 16 atom stereocenters. The van der Waals surface area contributed by atoms with E-state index in [0.717, 1.165) is 31.8 Å². The molecular formula is C61H87F2N7O15. The summed E-state index contributed by atoms with van der Waals surface area (Å²) in [7, 11) is 0. The minimum absolute atomic E-state index is 0.00478. The van der Waals surface area contributed by atoms with Gasteiger partial charge in [-0.25, -0.2) is 18.4 Å². The molecule has 4 saturated carbocycles. The lowest BCUT2D eigenvalue weighted by molar-refractivity contribution is -0.235. The predicted molar refractivity (Wildman–Crippen MR) is 305 cm³/mol. The van der Waals surface area contributed by atoms with Gasteiger partial charge in [-0.3, -0.25) is 34.6 Å². The summed E-state index contributed by atoms with van der Waals surface area (Å²) in [5, 5.41) is 38.2. The SMILES string of the molecule is CCCC1O[C@@H]2C[C@H]3[C@@H]4C[C@H](F)C5=CC(=O)C=C[C@]5(C)[C@@]4(F)[C@@H](O)C[C@]3(C)[C@]2(C(=O)COCNC(=O)OCc2ccc(NC(=O)[C@H](CCCNC(N)=O)NC(=O)[C@@H](NC(=O)CCOCCNC(O)OC[C@@H]3[C@@H]4CC/C=C\CC[C@@H]43)C(C)C)cc2)O1. The number of amides is 6. The van der Waals surface area contributed by atoms with Gasteiger partial charge in [0.05, 0.1) is 32.0 Å². The van der Waals surface area contributed by atoms with Crippen molar-refractivity contribution in [3.63, 3.8) is 0 Å². The molecule has 0 aromatic heterocycles. The molecular weight excluding hydrogens is 1110 g/mol. The number of halogens is 2. The van der Waals surface area contributed by atoms with Crippen LogP contribution in [0.2, 0.25) is 0 Å². The third-order valence-corrected chi connectivity index (χ3v) is 18.9. The first-order chi connectivity index (χ1) is 40.6. The first-order valence-corrected chi connectivity index (χ1v) is 30.2. The van der Waals surface area contributed by atoms with Gasteiger partial charge in [-0.1, -0.05) is 64.5 Å². The smallest absolute Gasteiger partial charge is 0.409 e. The number of anilines is 1. The van der Waals surface area contributed by atoms with Gasteiger partial charge in [0.25, 0.3) is 0 Å². The second-order valence-electron chi connectivity index (χ2n) is 24.6. The number of ketones is 2. The molecule has 5 fully saturated rings. The summed E-state index contributed by atoms with van der Waals surface area (Å²) < 4.78 is 69.2. The lowest BCUT2D eigenvalue weighted by Crippen LogP contribution is -2.71. The van der Waals surface area contributed by atoms with E-state index in [2.05, 4.69) is 44.1 Å². The lowest BCUT2D eigenvalue weighted by atomic mass is 9.44. The highest BCUT2D eigenvalue weighted by molar-refractivity contribution is 6.01. The summed E-state index contributed by atoms with van der Waals surface area (Å²) in [5.74, 6) is -2.93. The van der Waals surface area contributed by atoms with Crippen molar-refractivity contribution in [1.29, 1.82) is 0 Å². The summed E-state index contributed by atoms with van der Waals surface area (Å²) in [6, 6.07) is 3.47. The van der Waals surface area contributed by atoms with Crippen molar-refractivity contribution < 1.29 is 81.0 Å². The van der Waals surface area contributed by atoms with Crippen LogP contribution in [0.25, 0.3) is 0 Å². The molecule has 8 rings (SSSR count). The third-order valence-electron chi connectivity index (χ3n) is 18.9. The highest BCUT2D eigenvalue weighted by Gasteiger charge is 2.80. The fraction of sp³-hybridized carbons (Fsp3) is 0.689. The summed E-state index contributed by atoms with van der Waals surface area (Å²) >= 11 is 0. The van der Waals surface area contributed by atoms with Gasteiger partial charge in [-0.15, -0.1) is 0 Å². The molecule has 7 aliphatic rings. The number of carbonyl (C=O) groups is 7. The lowest BCUT2D eigenvalue weighted by Gasteiger charge is -2.63. The molecule has 470 valence electrons. The maximum absolute atomic E-state index is 17.9. The molecule has 0 spiro atoms. The van der Waals surface area contributed by atoms with Crippen molar-refractivity contribution in [2.24, 2.45) is 52.1 Å². The largest absolute Gasteiger partial charge is 0.445 e. The maximum atomic E-state index is 17.9. The molecule has 10 N–H and O–H groups in total. The van der Waals surface area contributed by atoms with Gasteiger partial charge < -0.3 is 65.6 Å². The molecule has 1 aliphatic heterocycles. The number of aliphatic hydroxyl groups excluding tert-OH is 2. The van der Waals surface area contributed by atoms with E-state index in [9.17, 15) is 43.8 Å². The number of rotatable bonds is 29. The van der Waals surface area contributed by atoms with Crippen molar-refractivity contribution >= 4 is 47.1 Å². The van der Waals surface area contributed by atoms with Crippen molar-refractivity contribution in [2.75, 3.05) is 51.6 Å². The molecule has 22 nitrogen and oxygen atoms in total. The second-order valence-corrected chi connectivity index (χ2v) is 24.6. The molecule has 2 unspecified atom stereocenters. The maximum Gasteiger partial charge on any atom is 0.409 e. The zero-order valence-electron chi connectivity index (χ0n) is 49.4. The van der Waals surface area contributed by atoms with E-state index in [4.69, 9.17) is 34.2 Å². The van der Waals surface area contributed by atoms with E-state index in [1.54, 1.807) is 45.0 Å². The average Bonchev–Trinajstić information content (AvgIpc) is 1.61. The molecule has 0 bridgehead atoms. The van der Waals surface area contributed by atoms with E-state index in [-0.39, 0.29) is 82.9 Å². The Hall–Kier alpha value is -5.73. The number of allylic oxidation sites excluding steroid dienone is 6. The highest BCUT2D eigenvalue weighted by atomic mass is 19.1. The van der Waals surface area contributed by atoms with Crippen LogP contribution in [-0.4, -0.2) is 152 Å². The number of carbonyl (C=O) groups excluding carboxylic acids is 7. The van der Waals surface area contributed by atoms with Gasteiger partial charge in [0.2, 0.25) is 24.1 Å². The number of nitrogens with two attached hydrogens (primary N) is 1. The number of hydrogen-bond donors (Lipinski definition) is 9. The van der Waals surface area contributed by atoms with Crippen LogP contribution in [0.1, 0.15) is 117 Å². The Morgan fingerprint density at radius 1 is 0.929 bits per heavy atom. The molecule has 1 aromatic rings. The Morgan fingerprint density at radius 2 is 1.66 bits per heavy atom. The van der Waals surface area contributed by atoms with Crippen molar-refractivity contribution in [3.05, 3.63) is 65.8 Å². The number of benzene rings is 1. The number of fused-ring (bicyclic) bond motifs is 8. The number of Topliss-reactive ketones (excluding diaryl/α,β-unsaturated/α-hetero) is 1. The summed E-state index contributed by atoms with van der Waals surface area (Å²) in [4.78, 5) is 91.5. The topological polar surface area (TPSA) is 314 Å². The number of alkyl carbamates (subject to hydrolysis) is 1. The molecule has 85 heavy (non-hydrogen) atoms. The van der Waals surface area contributed by atoms with Gasteiger partial charge in [-0.05, 0) is 136 Å². The number of primary amides is 1. The fourth-order valence-electron chi connectivity index (χ4n) is 14.4. The van der Waals surface area contributed by atoms with Crippen LogP contribution >= 0.6 is 0 Å². The molecule has 1 saturated heterocycles. The number of nitrogens with one attached hydrogen (secondary N) is 6. The Morgan fingerprint density at radius 3 is 2.35 bits per heavy atom. The molecule has 1 aromatic carbocycles. The number of aliphatic hydroxyl groups is 2.